The molecule has 0 radical (unpaired) electrons. The van der Waals surface area contributed by atoms with Gasteiger partial charge in [0.1, 0.15) is 0 Å². The van der Waals surface area contributed by atoms with E-state index in [4.69, 9.17) is 4.74 Å². The van der Waals surface area contributed by atoms with Gasteiger partial charge in [-0.3, -0.25) is 4.40 Å². The van der Waals surface area contributed by atoms with Gasteiger partial charge >= 0.3 is 0 Å². The van der Waals surface area contributed by atoms with E-state index >= 15 is 0 Å². The Bertz CT molecular complexity index is 1210. The van der Waals surface area contributed by atoms with E-state index in [1.807, 2.05) is 18.2 Å². The van der Waals surface area contributed by atoms with Gasteiger partial charge in [-0.2, -0.15) is 4.39 Å². The quantitative estimate of drug-likeness (QED) is 0.438. The van der Waals surface area contributed by atoms with Crippen LogP contribution in [0.2, 0.25) is 0 Å². The molecule has 2 heterocycles. The predicted molar refractivity (Wildman–Crippen MR) is 111 cm³/mol. The molecule has 8 heteroatoms. The maximum absolute atomic E-state index is 14.6. The minimum absolute atomic E-state index is 0.0839. The van der Waals surface area contributed by atoms with Gasteiger partial charge < -0.3 is 10.1 Å². The molecule has 0 unspecified atom stereocenters. The molecule has 4 rings (SSSR count). The Balaban J connectivity index is 1.77. The molecular weight excluding hydrogens is 394 g/mol. The summed E-state index contributed by atoms with van der Waals surface area (Å²) < 4.78 is 35.2. The highest BCUT2D eigenvalue weighted by molar-refractivity contribution is 7.80. The molecule has 148 valence electrons. The summed E-state index contributed by atoms with van der Waals surface area (Å²) in [7, 11) is 1.29. The van der Waals surface area contributed by atoms with Crippen LogP contribution in [-0.2, 0) is 6.42 Å². The predicted octanol–water partition coefficient (Wildman–Crippen LogP) is 5.28. The number of halogens is 2. The first-order valence-corrected chi connectivity index (χ1v) is 9.41. The maximum atomic E-state index is 14.6. The Labute approximate surface area is 171 Å². The van der Waals surface area contributed by atoms with Crippen LogP contribution in [0.5, 0.6) is 5.75 Å². The van der Waals surface area contributed by atoms with Gasteiger partial charge in [-0.05, 0) is 42.3 Å². The third-order valence-electron chi connectivity index (χ3n) is 4.69. The van der Waals surface area contributed by atoms with Crippen molar-refractivity contribution in [3.8, 4) is 17.0 Å². The minimum atomic E-state index is -1.04. The van der Waals surface area contributed by atoms with Crippen LogP contribution >= 0.6 is 12.6 Å². The summed E-state index contributed by atoms with van der Waals surface area (Å²) in [5.41, 5.74) is 2.92. The van der Waals surface area contributed by atoms with Crippen molar-refractivity contribution in [3.05, 3.63) is 66.1 Å². The van der Waals surface area contributed by atoms with Crippen LogP contribution in [-0.4, -0.2) is 21.5 Å². The van der Waals surface area contributed by atoms with Crippen molar-refractivity contribution in [3.63, 3.8) is 0 Å². The lowest BCUT2D eigenvalue weighted by molar-refractivity contribution is 0.372. The van der Waals surface area contributed by atoms with Gasteiger partial charge in [0.25, 0.3) is 0 Å². The molecule has 0 aliphatic carbocycles. The van der Waals surface area contributed by atoms with Crippen molar-refractivity contribution in [1.82, 2.24) is 14.4 Å². The molecule has 0 spiro atoms. The highest BCUT2D eigenvalue weighted by Crippen LogP contribution is 2.31. The van der Waals surface area contributed by atoms with Crippen LogP contribution in [0.25, 0.3) is 16.9 Å². The van der Waals surface area contributed by atoms with Gasteiger partial charge in [0.15, 0.2) is 23.0 Å². The first-order valence-electron chi connectivity index (χ1n) is 8.96. The lowest BCUT2D eigenvalue weighted by Crippen LogP contribution is -2.00. The monoisotopic (exact) mass is 412 g/mol. The number of methoxy groups -OCH3 is 1. The number of imidazole rings is 1. The summed E-state index contributed by atoms with van der Waals surface area (Å²) >= 11 is 4.45. The van der Waals surface area contributed by atoms with Crippen molar-refractivity contribution in [2.75, 3.05) is 12.4 Å². The summed E-state index contributed by atoms with van der Waals surface area (Å²) in [5.74, 6) is -1.67. The van der Waals surface area contributed by atoms with Gasteiger partial charge in [0.2, 0.25) is 5.82 Å². The molecule has 0 aliphatic rings. The summed E-state index contributed by atoms with van der Waals surface area (Å²) in [6, 6.07) is 8.66. The van der Waals surface area contributed by atoms with E-state index in [-0.39, 0.29) is 11.3 Å². The van der Waals surface area contributed by atoms with Crippen LogP contribution < -0.4 is 10.1 Å². The summed E-state index contributed by atoms with van der Waals surface area (Å²) in [4.78, 5) is 9.64. The fourth-order valence-electron chi connectivity index (χ4n) is 3.18. The standard InChI is InChI=1S/C21H18F2N4OS/c1-3-12-10-13(4-7-17(12)29)26-20-21-25-11-15(27(21)9-8-24-20)14-5-6-16(28-2)19(23)18(14)22/h4-11,29H,3H2,1-2H3,(H,24,26). The van der Waals surface area contributed by atoms with Crippen molar-refractivity contribution in [2.24, 2.45) is 0 Å². The number of ether oxygens (including phenoxy) is 1. The topological polar surface area (TPSA) is 51.5 Å². The number of nitrogens with one attached hydrogen (secondary N) is 1. The van der Waals surface area contributed by atoms with Crippen molar-refractivity contribution >= 4 is 29.8 Å². The fourth-order valence-corrected chi connectivity index (χ4v) is 3.47. The van der Waals surface area contributed by atoms with Crippen LogP contribution in [0.15, 0.2) is 53.8 Å². The molecular formula is C21H18F2N4OS. The lowest BCUT2D eigenvalue weighted by Gasteiger charge is -2.11. The number of thiol groups is 1. The Morgan fingerprint density at radius 1 is 1.14 bits per heavy atom. The molecule has 29 heavy (non-hydrogen) atoms. The highest BCUT2D eigenvalue weighted by Gasteiger charge is 2.19. The average molecular weight is 412 g/mol. The van der Waals surface area contributed by atoms with E-state index in [0.717, 1.165) is 22.6 Å². The Morgan fingerprint density at radius 2 is 1.97 bits per heavy atom. The van der Waals surface area contributed by atoms with E-state index in [1.165, 1.54) is 25.4 Å². The zero-order valence-corrected chi connectivity index (χ0v) is 16.7. The molecule has 4 aromatic rings. The number of hydrogen-bond donors (Lipinski definition) is 2. The third-order valence-corrected chi connectivity index (χ3v) is 5.13. The van der Waals surface area contributed by atoms with E-state index < -0.39 is 11.6 Å². The zero-order valence-electron chi connectivity index (χ0n) is 15.8. The molecule has 0 fully saturated rings. The molecule has 2 aromatic heterocycles. The lowest BCUT2D eigenvalue weighted by atomic mass is 10.1. The number of aryl methyl sites for hydroxylation is 1. The van der Waals surface area contributed by atoms with Crippen molar-refractivity contribution in [1.29, 1.82) is 0 Å². The van der Waals surface area contributed by atoms with Gasteiger partial charge in [-0.15, -0.1) is 12.6 Å². The minimum Gasteiger partial charge on any atom is -0.494 e. The smallest absolute Gasteiger partial charge is 0.201 e. The second kappa shape index (κ2) is 7.71. The SMILES string of the molecule is CCc1cc(Nc2nccn3c(-c4ccc(OC)c(F)c4F)cnc23)ccc1S. The zero-order chi connectivity index (χ0) is 20.5. The molecule has 0 amide bonds. The average Bonchev–Trinajstić information content (AvgIpc) is 3.16. The maximum Gasteiger partial charge on any atom is 0.201 e. The normalized spacial score (nSPS) is 11.1. The van der Waals surface area contributed by atoms with E-state index in [9.17, 15) is 8.78 Å². The van der Waals surface area contributed by atoms with E-state index in [0.29, 0.717) is 17.2 Å². The van der Waals surface area contributed by atoms with Crippen LogP contribution in [0.4, 0.5) is 20.3 Å². The first kappa shape index (κ1) is 19.2. The Morgan fingerprint density at radius 3 is 2.72 bits per heavy atom. The molecule has 1 N–H and O–H groups in total. The Kier molecular flexibility index (Phi) is 5.10. The number of fused-ring (bicyclic) bond motifs is 1. The second-order valence-electron chi connectivity index (χ2n) is 6.38. The van der Waals surface area contributed by atoms with E-state index in [2.05, 4.69) is 34.8 Å². The number of nitrogens with zero attached hydrogens (tertiary/aromatic N) is 3. The third kappa shape index (κ3) is 3.40. The van der Waals surface area contributed by atoms with Gasteiger partial charge in [-0.25, -0.2) is 14.4 Å². The number of rotatable bonds is 5. The van der Waals surface area contributed by atoms with Crippen LogP contribution in [0.1, 0.15) is 12.5 Å². The summed E-state index contributed by atoms with van der Waals surface area (Å²) in [6.45, 7) is 2.06. The molecule has 0 saturated carbocycles. The van der Waals surface area contributed by atoms with E-state index in [1.54, 1.807) is 16.8 Å². The Hall–Kier alpha value is -3.13. The fraction of sp³-hybridized carbons (Fsp3) is 0.143. The molecule has 0 saturated heterocycles. The van der Waals surface area contributed by atoms with Gasteiger partial charge in [0.05, 0.1) is 19.0 Å². The largest absolute Gasteiger partial charge is 0.494 e. The van der Waals surface area contributed by atoms with Crippen LogP contribution in [0, 0.1) is 11.6 Å². The second-order valence-corrected chi connectivity index (χ2v) is 6.86. The van der Waals surface area contributed by atoms with Gasteiger partial charge in [-0.1, -0.05) is 6.92 Å². The summed E-state index contributed by atoms with van der Waals surface area (Å²) in [5, 5.41) is 3.24. The number of benzene rings is 2. The van der Waals surface area contributed by atoms with Crippen molar-refractivity contribution < 1.29 is 13.5 Å². The molecule has 2 aromatic carbocycles. The molecule has 0 atom stereocenters. The van der Waals surface area contributed by atoms with Gasteiger partial charge in [0, 0.05) is 28.5 Å². The molecule has 5 nitrogen and oxygen atoms in total. The highest BCUT2D eigenvalue weighted by atomic mass is 32.1. The summed E-state index contributed by atoms with van der Waals surface area (Å²) in [6.07, 6.45) is 5.56. The van der Waals surface area contributed by atoms with Crippen molar-refractivity contribution in [2.45, 2.75) is 18.2 Å². The molecule has 0 aliphatic heterocycles. The number of aromatic nitrogens is 3. The first-order chi connectivity index (χ1) is 14.0. The van der Waals surface area contributed by atoms with Crippen LogP contribution in [0.3, 0.4) is 0 Å². The molecule has 0 bridgehead atoms. The number of hydrogen-bond acceptors (Lipinski definition) is 5. The number of anilines is 2.